The Kier molecular flexibility index (Phi) is 4.57. The van der Waals surface area contributed by atoms with E-state index in [0.717, 1.165) is 33.9 Å². The number of hydrogen-bond donors (Lipinski definition) is 0. The van der Waals surface area contributed by atoms with Gasteiger partial charge in [-0.1, -0.05) is 36.4 Å². The molecule has 0 spiro atoms. The second kappa shape index (κ2) is 7.34. The largest absolute Gasteiger partial charge is 0.439 e. The third-order valence-electron chi connectivity index (χ3n) is 4.60. The van der Waals surface area contributed by atoms with Crippen LogP contribution in [-0.2, 0) is 0 Å². The first-order valence-corrected chi connectivity index (χ1v) is 8.82. The standard InChI is InChI=1S/C24H16N2O2/c1-16-12-24(28-20-9-6-17(14-25)7-10-20)26-23-13-18(8-11-21(16)23)22-5-3-2-4-19(22)15-27/h2-13,15H,1H3. The monoisotopic (exact) mass is 364 g/mol. The van der Waals surface area contributed by atoms with Gasteiger partial charge in [0.05, 0.1) is 17.1 Å². The average molecular weight is 364 g/mol. The minimum Gasteiger partial charge on any atom is -0.439 e. The third-order valence-corrected chi connectivity index (χ3v) is 4.60. The summed E-state index contributed by atoms with van der Waals surface area (Å²) in [6.45, 7) is 2.01. The fourth-order valence-electron chi connectivity index (χ4n) is 3.17. The van der Waals surface area contributed by atoms with Crippen molar-refractivity contribution in [2.75, 3.05) is 0 Å². The maximum atomic E-state index is 11.4. The van der Waals surface area contributed by atoms with Crippen LogP contribution in [0, 0.1) is 18.3 Å². The second-order valence-electron chi connectivity index (χ2n) is 6.45. The lowest BCUT2D eigenvalue weighted by molar-refractivity contribution is 0.112. The fraction of sp³-hybridized carbons (Fsp3) is 0.0417. The Hall–Kier alpha value is -3.97. The summed E-state index contributed by atoms with van der Waals surface area (Å²) < 4.78 is 5.88. The first-order chi connectivity index (χ1) is 13.7. The van der Waals surface area contributed by atoms with Crippen molar-refractivity contribution >= 4 is 17.2 Å². The zero-order valence-corrected chi connectivity index (χ0v) is 15.2. The van der Waals surface area contributed by atoms with Crippen LogP contribution in [0.3, 0.4) is 0 Å². The van der Waals surface area contributed by atoms with Crippen LogP contribution in [0.5, 0.6) is 11.6 Å². The SMILES string of the molecule is Cc1cc(Oc2ccc(C#N)cc2)nc2cc(-c3ccccc3C=O)ccc12. The Morgan fingerprint density at radius 2 is 1.79 bits per heavy atom. The molecule has 4 rings (SSSR count). The van der Waals surface area contributed by atoms with Crippen LogP contribution in [-0.4, -0.2) is 11.3 Å². The van der Waals surface area contributed by atoms with Gasteiger partial charge in [-0.2, -0.15) is 5.26 Å². The van der Waals surface area contributed by atoms with E-state index in [2.05, 4.69) is 11.1 Å². The molecular weight excluding hydrogens is 348 g/mol. The predicted molar refractivity (Wildman–Crippen MR) is 109 cm³/mol. The molecule has 0 bridgehead atoms. The topological polar surface area (TPSA) is 63.0 Å². The number of aromatic nitrogens is 1. The number of carbonyl (C=O) groups is 1. The quantitative estimate of drug-likeness (QED) is 0.437. The van der Waals surface area contributed by atoms with Gasteiger partial charge in [-0.25, -0.2) is 4.98 Å². The van der Waals surface area contributed by atoms with E-state index in [1.165, 1.54) is 0 Å². The smallest absolute Gasteiger partial charge is 0.220 e. The highest BCUT2D eigenvalue weighted by atomic mass is 16.5. The third kappa shape index (κ3) is 3.34. The molecule has 3 aromatic carbocycles. The van der Waals surface area contributed by atoms with E-state index in [4.69, 9.17) is 10.00 Å². The van der Waals surface area contributed by atoms with Crippen molar-refractivity contribution in [2.45, 2.75) is 6.92 Å². The molecule has 0 N–H and O–H groups in total. The number of fused-ring (bicyclic) bond motifs is 1. The van der Waals surface area contributed by atoms with Gasteiger partial charge in [-0.3, -0.25) is 4.79 Å². The van der Waals surface area contributed by atoms with E-state index in [1.54, 1.807) is 30.3 Å². The summed E-state index contributed by atoms with van der Waals surface area (Å²) >= 11 is 0. The van der Waals surface area contributed by atoms with Crippen molar-refractivity contribution in [1.29, 1.82) is 5.26 Å². The molecule has 134 valence electrons. The van der Waals surface area contributed by atoms with Crippen LogP contribution in [0.1, 0.15) is 21.5 Å². The van der Waals surface area contributed by atoms with Crippen LogP contribution in [0.25, 0.3) is 22.0 Å². The molecule has 0 radical (unpaired) electrons. The van der Waals surface area contributed by atoms with Gasteiger partial charge in [-0.15, -0.1) is 0 Å². The molecule has 0 atom stereocenters. The summed E-state index contributed by atoms with van der Waals surface area (Å²) in [5, 5.41) is 9.93. The molecule has 1 heterocycles. The van der Waals surface area contributed by atoms with E-state index in [9.17, 15) is 4.79 Å². The molecule has 4 nitrogen and oxygen atoms in total. The zero-order chi connectivity index (χ0) is 19.5. The lowest BCUT2D eigenvalue weighted by atomic mass is 9.98. The number of nitrogens with zero attached hydrogens (tertiary/aromatic N) is 2. The Bertz CT molecular complexity index is 1220. The van der Waals surface area contributed by atoms with Crippen molar-refractivity contribution in [2.24, 2.45) is 0 Å². The van der Waals surface area contributed by atoms with Gasteiger partial charge in [0.1, 0.15) is 5.75 Å². The second-order valence-corrected chi connectivity index (χ2v) is 6.45. The zero-order valence-electron chi connectivity index (χ0n) is 15.2. The minimum absolute atomic E-state index is 0.482. The molecule has 0 unspecified atom stereocenters. The molecule has 0 aliphatic rings. The van der Waals surface area contributed by atoms with Crippen molar-refractivity contribution < 1.29 is 9.53 Å². The summed E-state index contributed by atoms with van der Waals surface area (Å²) in [7, 11) is 0. The number of carbonyl (C=O) groups excluding carboxylic acids is 1. The summed E-state index contributed by atoms with van der Waals surface area (Å²) in [5.41, 5.74) is 4.86. The van der Waals surface area contributed by atoms with E-state index >= 15 is 0 Å². The molecule has 28 heavy (non-hydrogen) atoms. The molecule has 4 heteroatoms. The van der Waals surface area contributed by atoms with Crippen molar-refractivity contribution in [1.82, 2.24) is 4.98 Å². The molecule has 0 saturated carbocycles. The Morgan fingerprint density at radius 3 is 2.54 bits per heavy atom. The molecule has 1 aromatic heterocycles. The van der Waals surface area contributed by atoms with Crippen LogP contribution < -0.4 is 4.74 Å². The summed E-state index contributed by atoms with van der Waals surface area (Å²) in [5.74, 6) is 1.10. The first kappa shape index (κ1) is 17.4. The number of aldehydes is 1. The maximum absolute atomic E-state index is 11.4. The van der Waals surface area contributed by atoms with Gasteiger partial charge >= 0.3 is 0 Å². The van der Waals surface area contributed by atoms with Gasteiger partial charge in [0.25, 0.3) is 0 Å². The van der Waals surface area contributed by atoms with Crippen LogP contribution in [0.15, 0.2) is 72.8 Å². The Morgan fingerprint density at radius 1 is 1.00 bits per heavy atom. The lowest BCUT2D eigenvalue weighted by Gasteiger charge is -2.10. The van der Waals surface area contributed by atoms with Crippen LogP contribution in [0.2, 0.25) is 0 Å². The summed E-state index contributed by atoms with van der Waals surface area (Å²) in [6.07, 6.45) is 0.864. The van der Waals surface area contributed by atoms with E-state index in [-0.39, 0.29) is 0 Å². The predicted octanol–water partition coefficient (Wildman–Crippen LogP) is 5.69. The first-order valence-electron chi connectivity index (χ1n) is 8.82. The number of benzene rings is 3. The van der Waals surface area contributed by atoms with Crippen molar-refractivity contribution in [3.8, 4) is 28.8 Å². The van der Waals surface area contributed by atoms with Gasteiger partial charge in [0, 0.05) is 17.0 Å². The number of rotatable bonds is 4. The molecule has 4 aromatic rings. The molecular formula is C24H16N2O2. The van der Waals surface area contributed by atoms with E-state index in [1.807, 2.05) is 49.4 Å². The Labute approximate surface area is 162 Å². The number of ether oxygens (including phenoxy) is 1. The molecule has 0 fully saturated rings. The van der Waals surface area contributed by atoms with Crippen molar-refractivity contribution in [3.63, 3.8) is 0 Å². The number of nitriles is 1. The average Bonchev–Trinajstić information content (AvgIpc) is 2.74. The molecule has 0 aliphatic carbocycles. The minimum atomic E-state index is 0.482. The Balaban J connectivity index is 1.75. The van der Waals surface area contributed by atoms with Crippen molar-refractivity contribution in [3.05, 3.63) is 89.5 Å². The maximum Gasteiger partial charge on any atom is 0.220 e. The van der Waals surface area contributed by atoms with E-state index < -0.39 is 0 Å². The molecule has 0 saturated heterocycles. The van der Waals surface area contributed by atoms with Gasteiger partial charge < -0.3 is 4.74 Å². The number of aryl methyl sites for hydroxylation is 1. The van der Waals surface area contributed by atoms with Gasteiger partial charge in [0.15, 0.2) is 6.29 Å². The van der Waals surface area contributed by atoms with Crippen LogP contribution >= 0.6 is 0 Å². The number of pyridine rings is 1. The highest BCUT2D eigenvalue weighted by molar-refractivity contribution is 5.92. The van der Waals surface area contributed by atoms with Crippen LogP contribution in [0.4, 0.5) is 0 Å². The fourth-order valence-corrected chi connectivity index (χ4v) is 3.17. The number of hydrogen-bond acceptors (Lipinski definition) is 4. The summed E-state index contributed by atoms with van der Waals surface area (Å²) in [6, 6.07) is 24.3. The van der Waals surface area contributed by atoms with Gasteiger partial charge in [-0.05, 0) is 53.9 Å². The van der Waals surface area contributed by atoms with Gasteiger partial charge in [0.2, 0.25) is 5.88 Å². The lowest BCUT2D eigenvalue weighted by Crippen LogP contribution is -1.93. The molecule has 0 amide bonds. The van der Waals surface area contributed by atoms with E-state index in [0.29, 0.717) is 22.8 Å². The highest BCUT2D eigenvalue weighted by Gasteiger charge is 2.09. The normalized spacial score (nSPS) is 10.4. The summed E-state index contributed by atoms with van der Waals surface area (Å²) in [4.78, 5) is 16.0. The molecule has 0 aliphatic heterocycles. The highest BCUT2D eigenvalue weighted by Crippen LogP contribution is 2.30.